The molecule has 0 radical (unpaired) electrons. The number of ether oxygens (including phenoxy) is 1. The van der Waals surface area contributed by atoms with Crippen molar-refractivity contribution in [2.45, 2.75) is 31.6 Å². The van der Waals surface area contributed by atoms with Crippen LogP contribution in [0.5, 0.6) is 5.75 Å². The molecule has 0 aliphatic carbocycles. The van der Waals surface area contributed by atoms with E-state index in [9.17, 15) is 9.59 Å². The molecule has 1 amide bonds. The normalized spacial score (nSPS) is 18.5. The average molecular weight is 347 g/mol. The second-order valence-electron chi connectivity index (χ2n) is 5.84. The maximum absolute atomic E-state index is 12.6. The molecule has 1 aromatic heterocycles. The van der Waals surface area contributed by atoms with E-state index in [0.29, 0.717) is 17.1 Å². The monoisotopic (exact) mass is 347 g/mol. The van der Waals surface area contributed by atoms with Crippen molar-refractivity contribution in [3.8, 4) is 5.75 Å². The minimum absolute atomic E-state index is 0.0895. The molecule has 1 aromatic carbocycles. The lowest BCUT2D eigenvalue weighted by atomic mass is 10.1. The van der Waals surface area contributed by atoms with Crippen LogP contribution in [0.25, 0.3) is 0 Å². The number of nitrogens with one attached hydrogen (secondary N) is 2. The molecule has 1 aliphatic heterocycles. The molecule has 0 saturated heterocycles. The molecule has 0 bridgehead atoms. The lowest BCUT2D eigenvalue weighted by Gasteiger charge is -2.16. The van der Waals surface area contributed by atoms with Gasteiger partial charge in [0, 0.05) is 6.04 Å². The van der Waals surface area contributed by atoms with Crippen molar-refractivity contribution in [1.82, 2.24) is 9.78 Å². The number of hydrogen-bond acceptors (Lipinski definition) is 4. The summed E-state index contributed by atoms with van der Waals surface area (Å²) in [6, 6.07) is 7.72. The fraction of sp³-hybridized carbons (Fsp3) is 0.412. The lowest BCUT2D eigenvalue weighted by molar-refractivity contribution is -0.113. The van der Waals surface area contributed by atoms with Gasteiger partial charge in [0.05, 0.1) is 23.7 Å². The summed E-state index contributed by atoms with van der Waals surface area (Å²) < 4.78 is 6.97. The van der Waals surface area contributed by atoms with E-state index in [2.05, 4.69) is 10.4 Å². The lowest BCUT2D eigenvalue weighted by Crippen LogP contribution is -2.18. The zero-order valence-corrected chi connectivity index (χ0v) is 14.8. The van der Waals surface area contributed by atoms with Gasteiger partial charge in [-0.3, -0.25) is 19.4 Å². The fourth-order valence-electron chi connectivity index (χ4n) is 2.80. The molecule has 1 aliphatic rings. The number of aromatic nitrogens is 2. The van der Waals surface area contributed by atoms with Crippen molar-refractivity contribution in [2.75, 3.05) is 18.2 Å². The topological polar surface area (TPSA) is 76.1 Å². The Kier molecular flexibility index (Phi) is 4.71. The van der Waals surface area contributed by atoms with Gasteiger partial charge in [0.15, 0.2) is 0 Å². The molecule has 0 unspecified atom stereocenters. The first-order valence-electron chi connectivity index (χ1n) is 7.95. The van der Waals surface area contributed by atoms with Crippen LogP contribution in [-0.2, 0) is 4.79 Å². The van der Waals surface area contributed by atoms with Crippen molar-refractivity contribution in [1.29, 1.82) is 0 Å². The van der Waals surface area contributed by atoms with Crippen LogP contribution in [0, 0.1) is 0 Å². The molecule has 0 fully saturated rings. The molecule has 2 aromatic rings. The van der Waals surface area contributed by atoms with Gasteiger partial charge in [-0.25, -0.2) is 0 Å². The first kappa shape index (κ1) is 16.7. The summed E-state index contributed by atoms with van der Waals surface area (Å²) >= 11 is 1.46. The number of hydrogen-bond donors (Lipinski definition) is 2. The molecular weight excluding hydrogens is 326 g/mol. The summed E-state index contributed by atoms with van der Waals surface area (Å²) in [7, 11) is 1.62. The Hall–Kier alpha value is -2.15. The minimum Gasteiger partial charge on any atom is -0.497 e. The molecule has 2 atom stereocenters. The summed E-state index contributed by atoms with van der Waals surface area (Å²) in [6.07, 6.45) is 0.854. The van der Waals surface area contributed by atoms with Gasteiger partial charge >= 0.3 is 0 Å². The number of thioether (sulfide) groups is 1. The van der Waals surface area contributed by atoms with Gasteiger partial charge in [0.25, 0.3) is 5.56 Å². The van der Waals surface area contributed by atoms with E-state index in [1.54, 1.807) is 11.8 Å². The smallest absolute Gasteiger partial charge is 0.270 e. The van der Waals surface area contributed by atoms with Crippen LogP contribution in [0.15, 0.2) is 29.1 Å². The number of carbonyl (C=O) groups excluding carboxylic acids is 1. The second kappa shape index (κ2) is 6.76. The number of fused-ring (bicyclic) bond motifs is 1. The Morgan fingerprint density at radius 3 is 2.67 bits per heavy atom. The predicted octanol–water partition coefficient (Wildman–Crippen LogP) is 2.93. The summed E-state index contributed by atoms with van der Waals surface area (Å²) in [5, 5.41) is 5.59. The third kappa shape index (κ3) is 2.96. The molecular formula is C17H21N3O3S. The summed E-state index contributed by atoms with van der Waals surface area (Å²) in [5.41, 5.74) is 1.43. The van der Waals surface area contributed by atoms with E-state index in [0.717, 1.165) is 17.7 Å². The second-order valence-corrected chi connectivity index (χ2v) is 6.94. The maximum Gasteiger partial charge on any atom is 0.270 e. The number of amides is 1. The number of rotatable bonds is 4. The zero-order valence-electron chi connectivity index (χ0n) is 14.0. The van der Waals surface area contributed by atoms with Gasteiger partial charge in [0.1, 0.15) is 11.6 Å². The molecule has 0 saturated carbocycles. The highest BCUT2D eigenvalue weighted by Gasteiger charge is 2.31. The predicted molar refractivity (Wildman–Crippen MR) is 96.0 cm³/mol. The van der Waals surface area contributed by atoms with E-state index < -0.39 is 0 Å². The van der Waals surface area contributed by atoms with Crippen molar-refractivity contribution >= 4 is 23.5 Å². The van der Waals surface area contributed by atoms with Crippen LogP contribution in [0.4, 0.5) is 5.82 Å². The van der Waals surface area contributed by atoms with Gasteiger partial charge in [-0.1, -0.05) is 19.1 Å². The first-order chi connectivity index (χ1) is 11.5. The van der Waals surface area contributed by atoms with Crippen LogP contribution in [0.1, 0.15) is 42.7 Å². The quantitative estimate of drug-likeness (QED) is 0.892. The Morgan fingerprint density at radius 2 is 2.04 bits per heavy atom. The molecule has 24 heavy (non-hydrogen) atoms. The van der Waals surface area contributed by atoms with Crippen LogP contribution in [-0.4, -0.2) is 28.6 Å². The van der Waals surface area contributed by atoms with Gasteiger partial charge in [-0.05, 0) is 31.0 Å². The molecule has 2 N–H and O–H groups in total. The van der Waals surface area contributed by atoms with E-state index in [-0.39, 0.29) is 22.8 Å². The zero-order chi connectivity index (χ0) is 17.3. The third-order valence-electron chi connectivity index (χ3n) is 4.31. The van der Waals surface area contributed by atoms with Gasteiger partial charge in [0.2, 0.25) is 5.91 Å². The molecule has 0 spiro atoms. The first-order valence-corrected chi connectivity index (χ1v) is 8.99. The van der Waals surface area contributed by atoms with Crippen LogP contribution in [0.2, 0.25) is 0 Å². The molecule has 7 heteroatoms. The van der Waals surface area contributed by atoms with Gasteiger partial charge in [-0.2, -0.15) is 0 Å². The van der Waals surface area contributed by atoms with Gasteiger partial charge in [-0.15, -0.1) is 11.8 Å². The van der Waals surface area contributed by atoms with Crippen molar-refractivity contribution in [2.24, 2.45) is 0 Å². The van der Waals surface area contributed by atoms with Crippen molar-refractivity contribution < 1.29 is 9.53 Å². The highest BCUT2D eigenvalue weighted by molar-refractivity contribution is 8.00. The van der Waals surface area contributed by atoms with E-state index in [1.807, 2.05) is 38.1 Å². The maximum atomic E-state index is 12.6. The number of benzene rings is 1. The van der Waals surface area contributed by atoms with E-state index in [4.69, 9.17) is 4.74 Å². The Balaban J connectivity index is 2.11. The molecule has 128 valence electrons. The number of H-pyrrole nitrogens is 1. The Bertz CT molecular complexity index is 794. The highest BCUT2D eigenvalue weighted by Crippen LogP contribution is 2.40. The summed E-state index contributed by atoms with van der Waals surface area (Å²) in [5.74, 6) is 1.57. The van der Waals surface area contributed by atoms with Crippen LogP contribution >= 0.6 is 11.8 Å². The molecule has 6 nitrogen and oxygen atoms in total. The largest absolute Gasteiger partial charge is 0.497 e. The molecule has 2 heterocycles. The number of nitrogens with zero attached hydrogens (tertiary/aromatic N) is 1. The van der Waals surface area contributed by atoms with E-state index >= 15 is 0 Å². The SMILES string of the molecule is CC[C@H](C)n1[nH]c(=O)c2c1NC(=O)CS[C@@H]2c1ccc(OC)cc1. The average Bonchev–Trinajstić information content (AvgIpc) is 2.80. The Morgan fingerprint density at radius 1 is 1.33 bits per heavy atom. The summed E-state index contributed by atoms with van der Waals surface area (Å²) in [4.78, 5) is 24.7. The molecule has 3 rings (SSSR count). The summed E-state index contributed by atoms with van der Waals surface area (Å²) in [6.45, 7) is 4.06. The number of carbonyl (C=O) groups is 1. The standard InChI is InChI=1S/C17H21N3O3S/c1-4-10(2)20-16-14(17(22)19-20)15(24-9-13(21)18-16)11-5-7-12(23-3)8-6-11/h5-8,10,15H,4,9H2,1-3H3,(H,18,21)(H,19,22)/t10-,15+/m0/s1. The van der Waals surface area contributed by atoms with Crippen LogP contribution < -0.4 is 15.6 Å². The highest BCUT2D eigenvalue weighted by atomic mass is 32.2. The Labute approximate surface area is 144 Å². The van der Waals surface area contributed by atoms with Crippen molar-refractivity contribution in [3.05, 3.63) is 45.7 Å². The van der Waals surface area contributed by atoms with Gasteiger partial charge < -0.3 is 10.1 Å². The number of aromatic amines is 1. The third-order valence-corrected chi connectivity index (χ3v) is 5.58. The minimum atomic E-state index is -0.195. The van der Waals surface area contributed by atoms with E-state index in [1.165, 1.54) is 11.8 Å². The van der Waals surface area contributed by atoms with Crippen LogP contribution in [0.3, 0.4) is 0 Å². The number of methoxy groups -OCH3 is 1. The number of anilines is 1. The van der Waals surface area contributed by atoms with Crippen molar-refractivity contribution in [3.63, 3.8) is 0 Å². The fourth-order valence-corrected chi connectivity index (χ4v) is 3.92.